The molecule has 2 rings (SSSR count). The van der Waals surface area contributed by atoms with Crippen LogP contribution in [0, 0.1) is 5.92 Å². The van der Waals surface area contributed by atoms with Gasteiger partial charge in [-0.15, -0.1) is 0 Å². The van der Waals surface area contributed by atoms with E-state index in [1.807, 2.05) is 37.3 Å². The van der Waals surface area contributed by atoms with Crippen molar-refractivity contribution >= 4 is 11.8 Å². The fourth-order valence-corrected chi connectivity index (χ4v) is 3.44. The number of aliphatic hydroxyl groups excluding tert-OH is 1. The number of rotatable bonds is 8. The molecule has 0 aliphatic heterocycles. The summed E-state index contributed by atoms with van der Waals surface area (Å²) in [7, 11) is 0. The van der Waals surface area contributed by atoms with Gasteiger partial charge in [-0.1, -0.05) is 49.6 Å². The molecule has 2 amide bonds. The van der Waals surface area contributed by atoms with Crippen LogP contribution in [0.1, 0.15) is 63.5 Å². The molecule has 0 spiro atoms. The molecule has 25 heavy (non-hydrogen) atoms. The van der Waals surface area contributed by atoms with E-state index >= 15 is 0 Å². The lowest BCUT2D eigenvalue weighted by atomic mass is 9.88. The molecule has 2 atom stereocenters. The number of hydrogen-bond donors (Lipinski definition) is 3. The second kappa shape index (κ2) is 10.2. The number of aliphatic hydroxyl groups is 1. The molecule has 1 aliphatic rings. The smallest absolute Gasteiger partial charge is 0.223 e. The summed E-state index contributed by atoms with van der Waals surface area (Å²) >= 11 is 0. The monoisotopic (exact) mass is 346 g/mol. The summed E-state index contributed by atoms with van der Waals surface area (Å²) in [5.74, 6) is 0.0689. The molecule has 138 valence electrons. The summed E-state index contributed by atoms with van der Waals surface area (Å²) in [6, 6.07) is 9.23. The maximum atomic E-state index is 12.3. The van der Waals surface area contributed by atoms with Crippen LogP contribution in [0.5, 0.6) is 0 Å². The summed E-state index contributed by atoms with van der Waals surface area (Å²) in [6.07, 6.45) is 6.08. The molecule has 0 heterocycles. The minimum absolute atomic E-state index is 0.00775. The van der Waals surface area contributed by atoms with Gasteiger partial charge in [-0.3, -0.25) is 9.59 Å². The Morgan fingerprint density at radius 3 is 2.44 bits per heavy atom. The normalized spacial score (nSPS) is 17.5. The third-order valence-corrected chi connectivity index (χ3v) is 4.81. The Bertz CT molecular complexity index is 541. The summed E-state index contributed by atoms with van der Waals surface area (Å²) in [5.41, 5.74) is 0.976. The molecule has 3 N–H and O–H groups in total. The van der Waals surface area contributed by atoms with Gasteiger partial charge < -0.3 is 15.7 Å². The van der Waals surface area contributed by atoms with Crippen LogP contribution >= 0.6 is 0 Å². The average Bonchev–Trinajstić information content (AvgIpc) is 2.62. The Morgan fingerprint density at radius 1 is 1.12 bits per heavy atom. The molecular weight excluding hydrogens is 316 g/mol. The first kappa shape index (κ1) is 19.4. The van der Waals surface area contributed by atoms with Gasteiger partial charge in [0.05, 0.1) is 6.04 Å². The van der Waals surface area contributed by atoms with E-state index in [-0.39, 0.29) is 42.8 Å². The Morgan fingerprint density at radius 2 is 1.80 bits per heavy atom. The molecule has 0 bridgehead atoms. The predicted octanol–water partition coefficient (Wildman–Crippen LogP) is 2.70. The molecule has 1 fully saturated rings. The number of carbonyl (C=O) groups is 2. The van der Waals surface area contributed by atoms with E-state index in [0.29, 0.717) is 6.42 Å². The van der Waals surface area contributed by atoms with Crippen molar-refractivity contribution in [2.24, 2.45) is 5.92 Å². The van der Waals surface area contributed by atoms with Crippen molar-refractivity contribution < 1.29 is 14.7 Å². The number of hydrogen-bond acceptors (Lipinski definition) is 3. The van der Waals surface area contributed by atoms with Gasteiger partial charge >= 0.3 is 0 Å². The molecule has 0 aromatic heterocycles. The highest BCUT2D eigenvalue weighted by Crippen LogP contribution is 2.23. The highest BCUT2D eigenvalue weighted by atomic mass is 16.3. The molecule has 1 saturated carbocycles. The first-order valence-electron chi connectivity index (χ1n) is 9.35. The maximum Gasteiger partial charge on any atom is 0.223 e. The average molecular weight is 346 g/mol. The molecule has 5 heteroatoms. The van der Waals surface area contributed by atoms with E-state index in [4.69, 9.17) is 0 Å². The quantitative estimate of drug-likeness (QED) is 0.677. The van der Waals surface area contributed by atoms with Crippen LogP contribution < -0.4 is 10.6 Å². The Hall–Kier alpha value is -1.88. The van der Waals surface area contributed by atoms with Crippen molar-refractivity contribution in [3.05, 3.63) is 35.9 Å². The van der Waals surface area contributed by atoms with Gasteiger partial charge in [-0.25, -0.2) is 0 Å². The van der Waals surface area contributed by atoms with Crippen LogP contribution in [-0.2, 0) is 9.59 Å². The van der Waals surface area contributed by atoms with Crippen molar-refractivity contribution in [3.63, 3.8) is 0 Å². The Balaban J connectivity index is 1.81. The lowest BCUT2D eigenvalue weighted by Gasteiger charge is -2.24. The van der Waals surface area contributed by atoms with Crippen LogP contribution in [0.2, 0.25) is 0 Å². The van der Waals surface area contributed by atoms with Crippen molar-refractivity contribution in [3.8, 4) is 0 Å². The third kappa shape index (κ3) is 6.50. The molecule has 0 saturated heterocycles. The van der Waals surface area contributed by atoms with E-state index in [1.54, 1.807) is 0 Å². The van der Waals surface area contributed by atoms with Gasteiger partial charge in [0.2, 0.25) is 11.8 Å². The third-order valence-electron chi connectivity index (χ3n) is 4.81. The Kier molecular flexibility index (Phi) is 7.92. The lowest BCUT2D eigenvalue weighted by molar-refractivity contribution is -0.127. The second-order valence-corrected chi connectivity index (χ2v) is 6.99. The van der Waals surface area contributed by atoms with Gasteiger partial charge in [0.15, 0.2) is 0 Å². The minimum Gasteiger partial charge on any atom is -0.396 e. The van der Waals surface area contributed by atoms with Gasteiger partial charge in [-0.05, 0) is 31.7 Å². The number of benzene rings is 1. The SMILES string of the molecule is CC(CC(=O)NC(CCO)c1ccccc1)NC(=O)C1CCCCC1. The first-order valence-corrected chi connectivity index (χ1v) is 9.35. The molecule has 0 radical (unpaired) electrons. The van der Waals surface area contributed by atoms with E-state index in [2.05, 4.69) is 10.6 Å². The highest BCUT2D eigenvalue weighted by molar-refractivity contribution is 5.81. The molecule has 1 aromatic rings. The van der Waals surface area contributed by atoms with Crippen LogP contribution in [0.15, 0.2) is 30.3 Å². The fourth-order valence-electron chi connectivity index (χ4n) is 3.44. The van der Waals surface area contributed by atoms with Crippen molar-refractivity contribution in [1.82, 2.24) is 10.6 Å². The maximum absolute atomic E-state index is 12.3. The topological polar surface area (TPSA) is 78.4 Å². The standard InChI is InChI=1S/C20H30N2O3/c1-15(21-20(25)17-10-6-3-7-11-17)14-19(24)22-18(12-13-23)16-8-4-2-5-9-16/h2,4-5,8-9,15,17-18,23H,3,6-7,10-14H2,1H3,(H,21,25)(H,22,24). The number of carbonyl (C=O) groups excluding carboxylic acids is 2. The van der Waals surface area contributed by atoms with Gasteiger partial charge in [-0.2, -0.15) is 0 Å². The van der Waals surface area contributed by atoms with Crippen LogP contribution in [0.4, 0.5) is 0 Å². The summed E-state index contributed by atoms with van der Waals surface area (Å²) in [5, 5.41) is 15.2. The van der Waals surface area contributed by atoms with E-state index < -0.39 is 0 Å². The highest BCUT2D eigenvalue weighted by Gasteiger charge is 2.23. The molecule has 1 aliphatic carbocycles. The van der Waals surface area contributed by atoms with E-state index in [1.165, 1.54) is 6.42 Å². The summed E-state index contributed by atoms with van der Waals surface area (Å²) in [4.78, 5) is 24.6. The van der Waals surface area contributed by atoms with E-state index in [9.17, 15) is 14.7 Å². The van der Waals surface area contributed by atoms with Gasteiger partial charge in [0.25, 0.3) is 0 Å². The summed E-state index contributed by atoms with van der Waals surface area (Å²) < 4.78 is 0. The number of nitrogens with one attached hydrogen (secondary N) is 2. The molecule has 1 aromatic carbocycles. The van der Waals surface area contributed by atoms with Crippen LogP contribution in [0.3, 0.4) is 0 Å². The van der Waals surface area contributed by atoms with E-state index in [0.717, 1.165) is 31.2 Å². The van der Waals surface area contributed by atoms with Crippen molar-refractivity contribution in [2.45, 2.75) is 64.0 Å². The van der Waals surface area contributed by atoms with Crippen LogP contribution in [-0.4, -0.2) is 29.6 Å². The molecular formula is C20H30N2O3. The largest absolute Gasteiger partial charge is 0.396 e. The number of amides is 2. The van der Waals surface area contributed by atoms with Crippen molar-refractivity contribution in [2.75, 3.05) is 6.61 Å². The first-order chi connectivity index (χ1) is 12.1. The lowest BCUT2D eigenvalue weighted by Crippen LogP contribution is -2.41. The van der Waals surface area contributed by atoms with Gasteiger partial charge in [0, 0.05) is 25.0 Å². The Labute approximate surface area is 150 Å². The summed E-state index contributed by atoms with van der Waals surface area (Å²) in [6.45, 7) is 1.87. The zero-order valence-corrected chi connectivity index (χ0v) is 15.0. The fraction of sp³-hybridized carbons (Fsp3) is 0.600. The zero-order chi connectivity index (χ0) is 18.1. The molecule has 2 unspecified atom stereocenters. The van der Waals surface area contributed by atoms with Gasteiger partial charge in [0.1, 0.15) is 0 Å². The van der Waals surface area contributed by atoms with Crippen molar-refractivity contribution in [1.29, 1.82) is 0 Å². The second-order valence-electron chi connectivity index (χ2n) is 6.99. The molecule has 5 nitrogen and oxygen atoms in total. The minimum atomic E-state index is -0.208. The zero-order valence-electron chi connectivity index (χ0n) is 15.0. The van der Waals surface area contributed by atoms with Crippen LogP contribution in [0.25, 0.3) is 0 Å². The predicted molar refractivity (Wildman–Crippen MR) is 97.8 cm³/mol.